The maximum Gasteiger partial charge on any atom is 0.133 e. The zero-order chi connectivity index (χ0) is 17.4. The Hall–Kier alpha value is 0.110. The maximum absolute atomic E-state index is 11.8. The van der Waals surface area contributed by atoms with Crippen LogP contribution in [0.2, 0.25) is 0 Å². The normalized spacial score (nSPS) is 11.3. The summed E-state index contributed by atoms with van der Waals surface area (Å²) in [6, 6.07) is 0. The van der Waals surface area contributed by atoms with Crippen molar-refractivity contribution in [3.8, 4) is 0 Å². The van der Waals surface area contributed by atoms with Crippen LogP contribution in [0.5, 0.6) is 0 Å². The Bertz CT molecular complexity index is 274. The van der Waals surface area contributed by atoms with Crippen LogP contribution < -0.4 is 17.0 Å². The van der Waals surface area contributed by atoms with Crippen molar-refractivity contribution in [1.29, 1.82) is 0 Å². The lowest BCUT2D eigenvalue weighted by Crippen LogP contribution is -3.00. The third-order valence-electron chi connectivity index (χ3n) is 4.59. The van der Waals surface area contributed by atoms with Gasteiger partial charge in [0.25, 0.3) is 0 Å². The number of carbonyl (C=O) groups is 1. The van der Waals surface area contributed by atoms with Gasteiger partial charge in [0, 0.05) is 19.3 Å². The molecule has 0 radical (unpaired) electrons. The van der Waals surface area contributed by atoms with Gasteiger partial charge in [-0.3, -0.25) is 4.79 Å². The zero-order valence-corrected chi connectivity index (χ0v) is 18.6. The molecule has 0 N–H and O–H groups in total. The third kappa shape index (κ3) is 22.1. The Morgan fingerprint density at radius 1 is 0.625 bits per heavy atom. The molecule has 0 saturated carbocycles. The van der Waals surface area contributed by atoms with Crippen LogP contribution in [-0.4, -0.2) is 38.0 Å². The summed E-state index contributed by atoms with van der Waals surface area (Å²) in [4.78, 5) is 11.8. The molecule has 2 nitrogen and oxygen atoms in total. The summed E-state index contributed by atoms with van der Waals surface area (Å²) in [5.74, 6) is 0.477. The summed E-state index contributed by atoms with van der Waals surface area (Å²) < 4.78 is 0.964. The topological polar surface area (TPSA) is 17.1 Å². The van der Waals surface area contributed by atoms with E-state index >= 15 is 0 Å². The summed E-state index contributed by atoms with van der Waals surface area (Å²) in [5, 5.41) is 0. The Morgan fingerprint density at radius 3 is 1.42 bits per heavy atom. The van der Waals surface area contributed by atoms with E-state index in [1.807, 2.05) is 0 Å². The standard InChI is InChI=1S/C21H44NO.BrH/c1-5-6-7-8-9-10-11-12-13-14-15-16-18-21(23)19-17-20-22(2,3)4;/h5-20H2,1-4H3;1H/q+1;/p-1. The monoisotopic (exact) mass is 405 g/mol. The van der Waals surface area contributed by atoms with E-state index in [1.165, 1.54) is 70.6 Å². The number of hydrogen-bond acceptors (Lipinski definition) is 1. The van der Waals surface area contributed by atoms with E-state index in [4.69, 9.17) is 0 Å². The van der Waals surface area contributed by atoms with Gasteiger partial charge in [0.05, 0.1) is 27.7 Å². The molecule has 0 atom stereocenters. The van der Waals surface area contributed by atoms with E-state index in [0.29, 0.717) is 5.78 Å². The molecule has 146 valence electrons. The Morgan fingerprint density at radius 2 is 1.00 bits per heavy atom. The van der Waals surface area contributed by atoms with E-state index < -0.39 is 0 Å². The molecule has 0 fully saturated rings. The number of unbranched alkanes of at least 4 members (excludes halogenated alkanes) is 11. The molecule has 24 heavy (non-hydrogen) atoms. The smallest absolute Gasteiger partial charge is 0.133 e. The minimum Gasteiger partial charge on any atom is -1.00 e. The summed E-state index contributed by atoms with van der Waals surface area (Å²) in [6.45, 7) is 3.38. The first-order valence-electron chi connectivity index (χ1n) is 10.3. The highest BCUT2D eigenvalue weighted by atomic mass is 79.9. The molecule has 0 aliphatic heterocycles. The number of hydrogen-bond donors (Lipinski definition) is 0. The quantitative estimate of drug-likeness (QED) is 0.268. The highest BCUT2D eigenvalue weighted by Crippen LogP contribution is 2.13. The lowest BCUT2D eigenvalue weighted by Gasteiger charge is -2.23. The van der Waals surface area contributed by atoms with Crippen LogP contribution in [0.3, 0.4) is 0 Å². The summed E-state index contributed by atoms with van der Waals surface area (Å²) in [5.41, 5.74) is 0. The predicted molar refractivity (Wildman–Crippen MR) is 103 cm³/mol. The van der Waals surface area contributed by atoms with Gasteiger partial charge < -0.3 is 21.5 Å². The summed E-state index contributed by atoms with van der Waals surface area (Å²) in [6.07, 6.45) is 19.0. The van der Waals surface area contributed by atoms with Crippen LogP contribution in [0.15, 0.2) is 0 Å². The number of halogens is 1. The van der Waals surface area contributed by atoms with Gasteiger partial charge in [-0.2, -0.15) is 0 Å². The first kappa shape index (κ1) is 26.3. The van der Waals surface area contributed by atoms with Gasteiger partial charge in [-0.25, -0.2) is 0 Å². The molecular weight excluding hydrogens is 362 g/mol. The van der Waals surface area contributed by atoms with E-state index in [1.54, 1.807) is 0 Å². The number of rotatable bonds is 17. The molecule has 0 heterocycles. The molecule has 0 aliphatic carbocycles. The SMILES string of the molecule is CCCCCCCCCCCCCCC(=O)CCC[N+](C)(C)C.[Br-]. The van der Waals surface area contributed by atoms with Crippen LogP contribution in [0.1, 0.15) is 103 Å². The fourth-order valence-corrected chi connectivity index (χ4v) is 3.04. The predicted octanol–water partition coefficient (Wildman–Crippen LogP) is 3.14. The molecular formula is C21H44BrNO. The van der Waals surface area contributed by atoms with Gasteiger partial charge in [0.15, 0.2) is 0 Å². The number of Topliss-reactive ketones (excluding diaryl/α,β-unsaturated/α-hetero) is 1. The van der Waals surface area contributed by atoms with Crippen LogP contribution in [0.4, 0.5) is 0 Å². The van der Waals surface area contributed by atoms with Crippen molar-refractivity contribution >= 4 is 5.78 Å². The number of quaternary nitrogens is 1. The summed E-state index contributed by atoms with van der Waals surface area (Å²) >= 11 is 0. The zero-order valence-electron chi connectivity index (χ0n) is 17.0. The van der Waals surface area contributed by atoms with Gasteiger partial charge in [-0.1, -0.05) is 77.6 Å². The second kappa shape index (κ2) is 17.9. The van der Waals surface area contributed by atoms with Crippen molar-refractivity contribution in [2.24, 2.45) is 0 Å². The van der Waals surface area contributed by atoms with Crippen LogP contribution >= 0.6 is 0 Å². The van der Waals surface area contributed by atoms with E-state index in [2.05, 4.69) is 28.1 Å². The average Bonchev–Trinajstić information content (AvgIpc) is 2.47. The van der Waals surface area contributed by atoms with E-state index in [-0.39, 0.29) is 17.0 Å². The fourth-order valence-electron chi connectivity index (χ4n) is 3.04. The van der Waals surface area contributed by atoms with E-state index in [9.17, 15) is 4.79 Å². The molecule has 3 heteroatoms. The van der Waals surface area contributed by atoms with Gasteiger partial charge in [0.2, 0.25) is 0 Å². The number of ketones is 1. The van der Waals surface area contributed by atoms with Crippen molar-refractivity contribution in [1.82, 2.24) is 0 Å². The maximum atomic E-state index is 11.8. The van der Waals surface area contributed by atoms with Crippen LogP contribution in [-0.2, 0) is 4.79 Å². The molecule has 0 unspecified atom stereocenters. The first-order chi connectivity index (χ1) is 11.0. The van der Waals surface area contributed by atoms with Gasteiger partial charge in [-0.05, 0) is 6.42 Å². The van der Waals surface area contributed by atoms with Crippen molar-refractivity contribution < 1.29 is 26.3 Å². The Labute approximate surface area is 163 Å². The van der Waals surface area contributed by atoms with Crippen LogP contribution in [0, 0.1) is 0 Å². The van der Waals surface area contributed by atoms with E-state index in [0.717, 1.165) is 36.7 Å². The minimum atomic E-state index is 0. The second-order valence-electron chi connectivity index (χ2n) is 8.30. The Balaban J connectivity index is 0. The first-order valence-corrected chi connectivity index (χ1v) is 10.3. The summed E-state index contributed by atoms with van der Waals surface area (Å²) in [7, 11) is 6.57. The van der Waals surface area contributed by atoms with Crippen LogP contribution in [0.25, 0.3) is 0 Å². The third-order valence-corrected chi connectivity index (χ3v) is 4.59. The van der Waals surface area contributed by atoms with Crippen molar-refractivity contribution in [2.45, 2.75) is 103 Å². The molecule has 0 saturated heterocycles. The molecule has 0 aliphatic rings. The molecule has 0 rings (SSSR count). The minimum absolute atomic E-state index is 0. The molecule has 0 aromatic carbocycles. The number of carbonyl (C=O) groups excluding carboxylic acids is 1. The highest BCUT2D eigenvalue weighted by molar-refractivity contribution is 5.78. The van der Waals surface area contributed by atoms with Crippen molar-refractivity contribution in [2.75, 3.05) is 27.7 Å². The van der Waals surface area contributed by atoms with Gasteiger partial charge in [-0.15, -0.1) is 0 Å². The molecule has 0 aromatic rings. The van der Waals surface area contributed by atoms with Crippen molar-refractivity contribution in [3.63, 3.8) is 0 Å². The lowest BCUT2D eigenvalue weighted by atomic mass is 10.0. The Kier molecular flexibility index (Phi) is 19.7. The second-order valence-corrected chi connectivity index (χ2v) is 8.30. The molecule has 0 bridgehead atoms. The molecule has 0 amide bonds. The average molecular weight is 406 g/mol. The van der Waals surface area contributed by atoms with Crippen molar-refractivity contribution in [3.05, 3.63) is 0 Å². The van der Waals surface area contributed by atoms with Gasteiger partial charge >= 0.3 is 0 Å². The van der Waals surface area contributed by atoms with Gasteiger partial charge in [0.1, 0.15) is 5.78 Å². The largest absolute Gasteiger partial charge is 1.00 e. The fraction of sp³-hybridized carbons (Fsp3) is 0.952. The molecule has 0 aromatic heterocycles. The lowest BCUT2D eigenvalue weighted by molar-refractivity contribution is -0.870. The molecule has 0 spiro atoms. The number of nitrogens with zero attached hydrogens (tertiary/aromatic N) is 1. The highest BCUT2D eigenvalue weighted by Gasteiger charge is 2.08.